The van der Waals surface area contributed by atoms with Crippen LogP contribution in [0.1, 0.15) is 22.2 Å². The van der Waals surface area contributed by atoms with Crippen LogP contribution in [0.25, 0.3) is 11.0 Å². The number of aromatic nitrogens is 1. The second-order valence-corrected chi connectivity index (χ2v) is 7.67. The van der Waals surface area contributed by atoms with E-state index in [1.54, 1.807) is 42.6 Å². The summed E-state index contributed by atoms with van der Waals surface area (Å²) < 4.78 is 5.68. The van der Waals surface area contributed by atoms with Crippen LogP contribution >= 0.6 is 11.6 Å². The van der Waals surface area contributed by atoms with E-state index in [-0.39, 0.29) is 27.8 Å². The second kappa shape index (κ2) is 7.55. The van der Waals surface area contributed by atoms with E-state index in [4.69, 9.17) is 16.0 Å². The lowest BCUT2D eigenvalue weighted by atomic mass is 9.96. The van der Waals surface area contributed by atoms with Gasteiger partial charge < -0.3 is 14.6 Å². The molecule has 1 unspecified atom stereocenters. The van der Waals surface area contributed by atoms with Gasteiger partial charge in [-0.25, -0.2) is 0 Å². The molecule has 5 rings (SSSR count). The second-order valence-electron chi connectivity index (χ2n) is 7.24. The summed E-state index contributed by atoms with van der Waals surface area (Å²) >= 11 is 6.09. The van der Waals surface area contributed by atoms with Crippen LogP contribution < -0.4 is 4.90 Å². The number of rotatable bonds is 4. The van der Waals surface area contributed by atoms with Crippen molar-refractivity contribution in [3.05, 3.63) is 101 Å². The van der Waals surface area contributed by atoms with E-state index >= 15 is 0 Å². The van der Waals surface area contributed by atoms with Crippen molar-refractivity contribution in [1.82, 2.24) is 4.98 Å². The molecule has 0 saturated carbocycles. The van der Waals surface area contributed by atoms with Gasteiger partial charge in [0.1, 0.15) is 11.3 Å². The molecule has 0 bridgehead atoms. The number of aliphatic hydroxyl groups excluding tert-OH is 1. The van der Waals surface area contributed by atoms with E-state index < -0.39 is 23.5 Å². The average molecular weight is 447 g/mol. The number of carbonyl (C=O) groups excluding carboxylic acids is 2. The van der Waals surface area contributed by atoms with Crippen LogP contribution in [0.4, 0.5) is 5.69 Å². The fraction of sp³-hybridized carbons (Fsp3) is 0.0417. The van der Waals surface area contributed by atoms with Crippen molar-refractivity contribution in [1.29, 1.82) is 0 Å². The number of pyridine rings is 1. The third kappa shape index (κ3) is 3.11. The summed E-state index contributed by atoms with van der Waals surface area (Å²) in [5.41, 5.74) is 0.836. The van der Waals surface area contributed by atoms with Crippen molar-refractivity contribution in [3.63, 3.8) is 0 Å². The van der Waals surface area contributed by atoms with E-state index in [0.29, 0.717) is 16.5 Å². The molecule has 1 aliphatic heterocycles. The Morgan fingerprint density at radius 2 is 1.88 bits per heavy atom. The van der Waals surface area contributed by atoms with E-state index in [0.717, 1.165) is 4.90 Å². The number of nitrogens with zero attached hydrogens (tertiary/aromatic N) is 2. The van der Waals surface area contributed by atoms with Gasteiger partial charge in [-0.15, -0.1) is 0 Å². The fourth-order valence-electron chi connectivity index (χ4n) is 3.85. The molecule has 1 amide bonds. The molecule has 8 heteroatoms. The zero-order valence-corrected chi connectivity index (χ0v) is 17.2. The number of para-hydroxylation sites is 1. The van der Waals surface area contributed by atoms with Crippen molar-refractivity contribution in [2.75, 3.05) is 4.90 Å². The molecule has 1 aliphatic rings. The van der Waals surface area contributed by atoms with Crippen molar-refractivity contribution < 1.29 is 24.2 Å². The fourth-order valence-corrected chi connectivity index (χ4v) is 4.02. The molecule has 2 aromatic heterocycles. The summed E-state index contributed by atoms with van der Waals surface area (Å²) in [6.07, 6.45) is 3.03. The van der Waals surface area contributed by atoms with Gasteiger partial charge in [0.2, 0.25) is 5.78 Å². The Morgan fingerprint density at radius 1 is 1.06 bits per heavy atom. The van der Waals surface area contributed by atoms with E-state index in [9.17, 15) is 19.8 Å². The summed E-state index contributed by atoms with van der Waals surface area (Å²) in [6.45, 7) is 0. The zero-order chi connectivity index (χ0) is 22.4. The highest BCUT2D eigenvalue weighted by atomic mass is 35.5. The first kappa shape index (κ1) is 19.8. The first-order valence-electron chi connectivity index (χ1n) is 9.64. The van der Waals surface area contributed by atoms with Gasteiger partial charge in [-0.3, -0.25) is 19.5 Å². The monoisotopic (exact) mass is 446 g/mol. The first-order valence-corrected chi connectivity index (χ1v) is 10.0. The molecular weight excluding hydrogens is 432 g/mol. The van der Waals surface area contributed by atoms with Crippen molar-refractivity contribution in [2.45, 2.75) is 6.04 Å². The number of halogens is 1. The Balaban J connectivity index is 1.69. The van der Waals surface area contributed by atoms with Gasteiger partial charge in [-0.05, 0) is 42.0 Å². The molecule has 0 radical (unpaired) electrons. The number of fused-ring (bicyclic) bond motifs is 1. The van der Waals surface area contributed by atoms with E-state index in [2.05, 4.69) is 4.98 Å². The predicted molar refractivity (Wildman–Crippen MR) is 118 cm³/mol. The van der Waals surface area contributed by atoms with Gasteiger partial charge in [-0.1, -0.05) is 35.9 Å². The summed E-state index contributed by atoms with van der Waals surface area (Å²) in [5.74, 6) is -2.49. The minimum absolute atomic E-state index is 0.0217. The summed E-state index contributed by atoms with van der Waals surface area (Å²) in [5, 5.41) is 22.2. The number of phenols is 1. The third-order valence-electron chi connectivity index (χ3n) is 5.30. The Bertz CT molecular complexity index is 1380. The number of phenolic OH excluding ortho intramolecular Hbond substituents is 1. The predicted octanol–water partition coefficient (Wildman–Crippen LogP) is 4.97. The lowest BCUT2D eigenvalue weighted by molar-refractivity contribution is -0.117. The quantitative estimate of drug-likeness (QED) is 0.429. The number of hydrogen-bond donors (Lipinski definition) is 2. The molecule has 0 aliphatic carbocycles. The van der Waals surface area contributed by atoms with Gasteiger partial charge >= 0.3 is 0 Å². The van der Waals surface area contributed by atoms with Crippen LogP contribution in [-0.2, 0) is 4.79 Å². The van der Waals surface area contributed by atoms with Gasteiger partial charge in [0.25, 0.3) is 5.91 Å². The number of amides is 1. The molecule has 0 spiro atoms. The highest BCUT2D eigenvalue weighted by Gasteiger charge is 2.46. The lowest BCUT2D eigenvalue weighted by Crippen LogP contribution is -2.31. The first-order chi connectivity index (χ1) is 15.5. The maximum Gasteiger partial charge on any atom is 0.294 e. The standard InChI is InChI=1S/C24H15ClN2O5/c25-15-7-8-17(28)16(11-15)27-21(14-5-3-9-26-12-14)20(23(30)24(27)31)22(29)19-10-13-4-1-2-6-18(13)32-19/h1-12,21,28,30H. The molecular formula is C24H15ClN2O5. The maximum atomic E-state index is 13.5. The van der Waals surface area contributed by atoms with Crippen LogP contribution in [0.15, 0.2) is 88.8 Å². The van der Waals surface area contributed by atoms with Crippen molar-refractivity contribution >= 4 is 39.9 Å². The number of ketones is 1. The molecule has 0 saturated heterocycles. The Kier molecular flexibility index (Phi) is 4.68. The number of carbonyl (C=O) groups is 2. The Morgan fingerprint density at radius 3 is 2.62 bits per heavy atom. The van der Waals surface area contributed by atoms with Crippen LogP contribution in [0.5, 0.6) is 5.75 Å². The van der Waals surface area contributed by atoms with E-state index in [1.165, 1.54) is 24.4 Å². The molecule has 0 fully saturated rings. The molecule has 158 valence electrons. The van der Waals surface area contributed by atoms with Crippen molar-refractivity contribution in [3.8, 4) is 5.75 Å². The van der Waals surface area contributed by atoms with Crippen LogP contribution in [0, 0.1) is 0 Å². The van der Waals surface area contributed by atoms with Gasteiger partial charge in [0.05, 0.1) is 17.3 Å². The number of aromatic hydroxyl groups is 1. The third-order valence-corrected chi connectivity index (χ3v) is 5.53. The molecule has 3 heterocycles. The number of Topliss-reactive ketones (excluding diaryl/α,β-unsaturated/α-hetero) is 1. The number of furan rings is 1. The average Bonchev–Trinajstić information content (AvgIpc) is 3.35. The number of anilines is 1. The highest BCUT2D eigenvalue weighted by molar-refractivity contribution is 6.31. The molecule has 2 aromatic carbocycles. The topological polar surface area (TPSA) is 104 Å². The minimum atomic E-state index is -1.05. The minimum Gasteiger partial charge on any atom is -0.506 e. The highest BCUT2D eigenvalue weighted by Crippen LogP contribution is 2.45. The van der Waals surface area contributed by atoms with E-state index in [1.807, 2.05) is 6.07 Å². The lowest BCUT2D eigenvalue weighted by Gasteiger charge is -2.27. The number of hydrogen-bond acceptors (Lipinski definition) is 6. The molecule has 1 atom stereocenters. The van der Waals surface area contributed by atoms with Crippen LogP contribution in [0.3, 0.4) is 0 Å². The molecule has 7 nitrogen and oxygen atoms in total. The Labute approximate surface area is 186 Å². The molecule has 4 aromatic rings. The zero-order valence-electron chi connectivity index (χ0n) is 16.4. The molecule has 2 N–H and O–H groups in total. The SMILES string of the molecule is O=C(C1=C(O)C(=O)N(c2cc(Cl)ccc2O)C1c1cccnc1)c1cc2ccccc2o1. The maximum absolute atomic E-state index is 13.5. The largest absolute Gasteiger partial charge is 0.506 e. The van der Waals surface area contributed by atoms with Crippen LogP contribution in [0.2, 0.25) is 5.02 Å². The van der Waals surface area contributed by atoms with Gasteiger partial charge in [-0.2, -0.15) is 0 Å². The summed E-state index contributed by atoms with van der Waals surface area (Å²) in [7, 11) is 0. The Hall–Kier alpha value is -4.10. The van der Waals surface area contributed by atoms with Crippen molar-refractivity contribution in [2.24, 2.45) is 0 Å². The normalized spacial score (nSPS) is 16.2. The smallest absolute Gasteiger partial charge is 0.294 e. The van der Waals surface area contributed by atoms with Crippen LogP contribution in [-0.4, -0.2) is 26.9 Å². The van der Waals surface area contributed by atoms with Gasteiger partial charge in [0.15, 0.2) is 11.5 Å². The number of aliphatic hydroxyl groups is 1. The molecule has 32 heavy (non-hydrogen) atoms. The number of benzene rings is 2. The van der Waals surface area contributed by atoms with Gasteiger partial charge in [0, 0.05) is 22.8 Å². The summed E-state index contributed by atoms with van der Waals surface area (Å²) in [6, 6.07) is 15.1. The summed E-state index contributed by atoms with van der Waals surface area (Å²) in [4.78, 5) is 31.8.